The van der Waals surface area contributed by atoms with Crippen molar-refractivity contribution < 1.29 is 9.59 Å². The predicted molar refractivity (Wildman–Crippen MR) is 79.2 cm³/mol. The lowest BCUT2D eigenvalue weighted by molar-refractivity contribution is -0.116. The van der Waals surface area contributed by atoms with Crippen molar-refractivity contribution >= 4 is 28.7 Å². The lowest BCUT2D eigenvalue weighted by Gasteiger charge is -2.05. The maximum absolute atomic E-state index is 11.9. The van der Waals surface area contributed by atoms with Crippen LogP contribution in [-0.4, -0.2) is 21.5 Å². The molecular weight excluding hydrogens is 274 g/mol. The summed E-state index contributed by atoms with van der Waals surface area (Å²) in [6, 6.07) is 3.61. The monoisotopic (exact) mass is 291 g/mol. The third kappa shape index (κ3) is 3.14. The number of thiophene rings is 1. The highest BCUT2D eigenvalue weighted by Gasteiger charge is 2.14. The van der Waals surface area contributed by atoms with Crippen molar-refractivity contribution in [3.05, 3.63) is 33.8 Å². The Balaban J connectivity index is 1.91. The fourth-order valence-corrected chi connectivity index (χ4v) is 2.64. The minimum absolute atomic E-state index is 0.00906. The van der Waals surface area contributed by atoms with E-state index in [9.17, 15) is 9.59 Å². The number of aromatic nitrogens is 2. The van der Waals surface area contributed by atoms with Crippen molar-refractivity contribution in [1.82, 2.24) is 9.78 Å². The van der Waals surface area contributed by atoms with Crippen LogP contribution in [0.15, 0.2) is 17.5 Å². The molecule has 0 atom stereocenters. The largest absolute Gasteiger partial charge is 0.323 e. The predicted octanol–water partition coefficient (Wildman–Crippen LogP) is 2.70. The summed E-state index contributed by atoms with van der Waals surface area (Å²) in [4.78, 5) is 24.4. The summed E-state index contributed by atoms with van der Waals surface area (Å²) in [6.45, 7) is 3.74. The van der Waals surface area contributed by atoms with E-state index in [0.29, 0.717) is 4.88 Å². The molecule has 0 aliphatic heterocycles. The molecule has 2 aromatic heterocycles. The summed E-state index contributed by atoms with van der Waals surface area (Å²) >= 11 is 1.40. The Kier molecular flexibility index (Phi) is 4.34. The van der Waals surface area contributed by atoms with Crippen LogP contribution in [0.2, 0.25) is 0 Å². The number of nitrogens with zero attached hydrogens (tertiary/aromatic N) is 2. The quantitative estimate of drug-likeness (QED) is 0.861. The normalized spacial score (nSPS) is 10.6. The number of carbonyl (C=O) groups is 2. The molecule has 5 nitrogen and oxygen atoms in total. The summed E-state index contributed by atoms with van der Waals surface area (Å²) in [5, 5.41) is 8.92. The van der Waals surface area contributed by atoms with Gasteiger partial charge < -0.3 is 5.32 Å². The van der Waals surface area contributed by atoms with Gasteiger partial charge in [0.05, 0.1) is 22.0 Å². The van der Waals surface area contributed by atoms with Gasteiger partial charge in [-0.3, -0.25) is 14.3 Å². The Bertz CT molecular complexity index is 629. The minimum atomic E-state index is -0.158. The standard InChI is InChI=1S/C14H17N3O2S/c1-9-14(10(2)17(3)16-9)15-13(19)7-6-11(18)12-5-4-8-20-12/h4-5,8H,6-7H2,1-3H3,(H,15,19). The van der Waals surface area contributed by atoms with E-state index < -0.39 is 0 Å². The Labute approximate surface area is 121 Å². The molecule has 2 heterocycles. The van der Waals surface area contributed by atoms with Crippen LogP contribution in [0.1, 0.15) is 33.9 Å². The smallest absolute Gasteiger partial charge is 0.224 e. The maximum Gasteiger partial charge on any atom is 0.224 e. The second kappa shape index (κ2) is 6.00. The second-order valence-corrected chi connectivity index (χ2v) is 5.57. The van der Waals surface area contributed by atoms with Crippen LogP contribution < -0.4 is 5.32 Å². The van der Waals surface area contributed by atoms with Crippen molar-refractivity contribution in [2.24, 2.45) is 7.05 Å². The van der Waals surface area contributed by atoms with Crippen LogP contribution in [0, 0.1) is 13.8 Å². The number of hydrogen-bond acceptors (Lipinski definition) is 4. The molecule has 0 bridgehead atoms. The summed E-state index contributed by atoms with van der Waals surface area (Å²) < 4.78 is 1.72. The van der Waals surface area contributed by atoms with Gasteiger partial charge in [0.1, 0.15) is 0 Å². The van der Waals surface area contributed by atoms with E-state index in [1.165, 1.54) is 11.3 Å². The zero-order valence-electron chi connectivity index (χ0n) is 11.8. The van der Waals surface area contributed by atoms with Crippen LogP contribution in [0.25, 0.3) is 0 Å². The van der Waals surface area contributed by atoms with E-state index >= 15 is 0 Å². The van der Waals surface area contributed by atoms with Crippen molar-refractivity contribution in [3.8, 4) is 0 Å². The summed E-state index contributed by atoms with van der Waals surface area (Å²) in [6.07, 6.45) is 0.412. The molecule has 0 saturated heterocycles. The molecule has 2 rings (SSSR count). The Hall–Kier alpha value is -1.95. The highest BCUT2D eigenvalue weighted by Crippen LogP contribution is 2.19. The lowest BCUT2D eigenvalue weighted by atomic mass is 10.2. The van der Waals surface area contributed by atoms with E-state index in [-0.39, 0.29) is 24.5 Å². The van der Waals surface area contributed by atoms with Crippen molar-refractivity contribution in [2.75, 3.05) is 5.32 Å². The van der Waals surface area contributed by atoms with Gasteiger partial charge in [-0.15, -0.1) is 11.3 Å². The number of rotatable bonds is 5. The van der Waals surface area contributed by atoms with Gasteiger partial charge in [-0.2, -0.15) is 5.10 Å². The van der Waals surface area contributed by atoms with Gasteiger partial charge in [0.15, 0.2) is 5.78 Å². The van der Waals surface area contributed by atoms with Crippen LogP contribution in [0.4, 0.5) is 5.69 Å². The molecule has 0 aliphatic carbocycles. The van der Waals surface area contributed by atoms with Gasteiger partial charge in [0.2, 0.25) is 5.91 Å². The minimum Gasteiger partial charge on any atom is -0.323 e. The Morgan fingerprint density at radius 1 is 1.35 bits per heavy atom. The number of carbonyl (C=O) groups excluding carboxylic acids is 2. The molecule has 0 saturated carbocycles. The van der Waals surface area contributed by atoms with Crippen molar-refractivity contribution in [3.63, 3.8) is 0 Å². The highest BCUT2D eigenvalue weighted by molar-refractivity contribution is 7.12. The van der Waals surface area contributed by atoms with Crippen LogP contribution in [0.5, 0.6) is 0 Å². The molecule has 0 unspecified atom stereocenters. The zero-order valence-corrected chi connectivity index (χ0v) is 12.6. The number of anilines is 1. The van der Waals surface area contributed by atoms with Crippen LogP contribution in [-0.2, 0) is 11.8 Å². The molecule has 0 aliphatic rings. The van der Waals surface area contributed by atoms with Gasteiger partial charge in [-0.05, 0) is 25.3 Å². The first-order chi connectivity index (χ1) is 9.49. The van der Waals surface area contributed by atoms with Gasteiger partial charge >= 0.3 is 0 Å². The summed E-state index contributed by atoms with van der Waals surface area (Å²) in [5.74, 6) is -0.149. The fourth-order valence-electron chi connectivity index (χ4n) is 1.94. The van der Waals surface area contributed by atoms with E-state index in [1.807, 2.05) is 32.3 Å². The van der Waals surface area contributed by atoms with E-state index in [0.717, 1.165) is 17.1 Å². The molecule has 106 valence electrons. The molecule has 20 heavy (non-hydrogen) atoms. The Morgan fingerprint density at radius 2 is 2.10 bits per heavy atom. The summed E-state index contributed by atoms with van der Waals surface area (Å²) in [5.41, 5.74) is 2.42. The molecule has 1 N–H and O–H groups in total. The van der Waals surface area contributed by atoms with Crippen LogP contribution >= 0.6 is 11.3 Å². The first kappa shape index (κ1) is 14.5. The highest BCUT2D eigenvalue weighted by atomic mass is 32.1. The number of hydrogen-bond donors (Lipinski definition) is 1. The maximum atomic E-state index is 11.9. The number of Topliss-reactive ketones (excluding diaryl/α,β-unsaturated/α-hetero) is 1. The number of amides is 1. The number of ketones is 1. The number of nitrogens with one attached hydrogen (secondary N) is 1. The van der Waals surface area contributed by atoms with Gasteiger partial charge in [-0.1, -0.05) is 6.07 Å². The molecule has 0 radical (unpaired) electrons. The third-order valence-corrected chi connectivity index (χ3v) is 4.06. The molecule has 6 heteroatoms. The van der Waals surface area contributed by atoms with E-state index in [2.05, 4.69) is 10.4 Å². The van der Waals surface area contributed by atoms with Gasteiger partial charge in [0.25, 0.3) is 0 Å². The lowest BCUT2D eigenvalue weighted by Crippen LogP contribution is -2.14. The molecule has 1 amide bonds. The first-order valence-corrected chi connectivity index (χ1v) is 7.23. The third-order valence-electron chi connectivity index (χ3n) is 3.15. The SMILES string of the molecule is Cc1nn(C)c(C)c1NC(=O)CCC(=O)c1cccs1. The van der Waals surface area contributed by atoms with E-state index in [1.54, 1.807) is 10.7 Å². The van der Waals surface area contributed by atoms with E-state index in [4.69, 9.17) is 0 Å². The first-order valence-electron chi connectivity index (χ1n) is 6.35. The fraction of sp³-hybridized carbons (Fsp3) is 0.357. The summed E-state index contributed by atoms with van der Waals surface area (Å²) in [7, 11) is 1.83. The zero-order chi connectivity index (χ0) is 14.7. The van der Waals surface area contributed by atoms with Crippen LogP contribution in [0.3, 0.4) is 0 Å². The number of aryl methyl sites for hydroxylation is 2. The molecule has 0 aromatic carbocycles. The van der Waals surface area contributed by atoms with Crippen molar-refractivity contribution in [2.45, 2.75) is 26.7 Å². The molecule has 0 fully saturated rings. The molecule has 2 aromatic rings. The molecule has 0 spiro atoms. The van der Waals surface area contributed by atoms with Crippen molar-refractivity contribution in [1.29, 1.82) is 0 Å². The molecular formula is C14H17N3O2S. The second-order valence-electron chi connectivity index (χ2n) is 4.62. The van der Waals surface area contributed by atoms with Gasteiger partial charge in [-0.25, -0.2) is 0 Å². The average Bonchev–Trinajstić information content (AvgIpc) is 3.01. The average molecular weight is 291 g/mol. The topological polar surface area (TPSA) is 64.0 Å². The van der Waals surface area contributed by atoms with Gasteiger partial charge in [0, 0.05) is 19.9 Å². The Morgan fingerprint density at radius 3 is 2.65 bits per heavy atom.